The molecule has 0 radical (unpaired) electrons. The van der Waals surface area contributed by atoms with Gasteiger partial charge in [-0.3, -0.25) is 0 Å². The van der Waals surface area contributed by atoms with Gasteiger partial charge in [-0.05, 0) is 51.4 Å². The van der Waals surface area contributed by atoms with Crippen LogP contribution in [0.5, 0.6) is 0 Å². The van der Waals surface area contributed by atoms with Crippen molar-refractivity contribution in [3.63, 3.8) is 0 Å². The van der Waals surface area contributed by atoms with Gasteiger partial charge in [0.1, 0.15) is 0 Å². The highest BCUT2D eigenvalue weighted by molar-refractivity contribution is 4.71. The fourth-order valence-electron chi connectivity index (χ4n) is 2.39. The van der Waals surface area contributed by atoms with Crippen molar-refractivity contribution in [2.24, 2.45) is 11.7 Å². The van der Waals surface area contributed by atoms with E-state index >= 15 is 0 Å². The average Bonchev–Trinajstić information content (AvgIpc) is 2.55. The summed E-state index contributed by atoms with van der Waals surface area (Å²) in [6.07, 6.45) is 3.32. The third kappa shape index (κ3) is 6.36. The van der Waals surface area contributed by atoms with E-state index in [1.54, 1.807) is 0 Å². The average molecular weight is 243 g/mol. The summed E-state index contributed by atoms with van der Waals surface area (Å²) < 4.78 is 0. The Labute approximate surface area is 106 Å². The molecule has 17 heavy (non-hydrogen) atoms. The molecule has 1 aliphatic heterocycles. The van der Waals surface area contributed by atoms with Crippen LogP contribution < -0.4 is 5.73 Å². The number of aliphatic hydroxyl groups is 1. The lowest BCUT2D eigenvalue weighted by molar-refractivity contribution is 0.226. The molecule has 4 nitrogen and oxygen atoms in total. The molecule has 0 spiro atoms. The summed E-state index contributed by atoms with van der Waals surface area (Å²) in [4.78, 5) is 5.08. The maximum absolute atomic E-state index is 8.78. The summed E-state index contributed by atoms with van der Waals surface area (Å²) >= 11 is 0. The van der Waals surface area contributed by atoms with E-state index in [0.29, 0.717) is 12.5 Å². The van der Waals surface area contributed by atoms with E-state index in [2.05, 4.69) is 16.7 Å². The second-order valence-corrected chi connectivity index (χ2v) is 5.27. The lowest BCUT2D eigenvalue weighted by Crippen LogP contribution is -2.35. The molecule has 1 heterocycles. The normalized spacial score (nSPS) is 21.4. The van der Waals surface area contributed by atoms with E-state index < -0.39 is 0 Å². The molecule has 4 heteroatoms. The highest BCUT2D eigenvalue weighted by Crippen LogP contribution is 2.06. The first kappa shape index (κ1) is 14.9. The van der Waals surface area contributed by atoms with Gasteiger partial charge in [-0.1, -0.05) is 6.92 Å². The number of aliphatic hydroxyl groups excluding tert-OH is 1. The van der Waals surface area contributed by atoms with Crippen molar-refractivity contribution < 1.29 is 5.11 Å². The largest absolute Gasteiger partial charge is 0.396 e. The first-order chi connectivity index (χ1) is 8.26. The zero-order chi connectivity index (χ0) is 12.5. The van der Waals surface area contributed by atoms with Gasteiger partial charge in [0.2, 0.25) is 0 Å². The lowest BCUT2D eigenvalue weighted by Gasteiger charge is -2.23. The molecular formula is C13H29N3O. The van der Waals surface area contributed by atoms with Gasteiger partial charge >= 0.3 is 0 Å². The van der Waals surface area contributed by atoms with Crippen molar-refractivity contribution in [3.8, 4) is 0 Å². The van der Waals surface area contributed by atoms with Crippen molar-refractivity contribution in [2.75, 3.05) is 52.4 Å². The fourth-order valence-corrected chi connectivity index (χ4v) is 2.39. The molecule has 1 unspecified atom stereocenters. The van der Waals surface area contributed by atoms with Gasteiger partial charge in [0.25, 0.3) is 0 Å². The maximum atomic E-state index is 8.78. The van der Waals surface area contributed by atoms with Crippen LogP contribution in [0.25, 0.3) is 0 Å². The summed E-state index contributed by atoms with van der Waals surface area (Å²) in [6, 6.07) is 0. The second-order valence-electron chi connectivity index (χ2n) is 5.27. The molecule has 1 saturated heterocycles. The van der Waals surface area contributed by atoms with Crippen LogP contribution in [0, 0.1) is 5.92 Å². The van der Waals surface area contributed by atoms with Crippen molar-refractivity contribution >= 4 is 0 Å². The SMILES string of the molecule is CC(CN)CN1CCCN(CCCCO)CC1. The summed E-state index contributed by atoms with van der Waals surface area (Å²) in [6.45, 7) is 10.4. The molecule has 0 bridgehead atoms. The van der Waals surface area contributed by atoms with Crippen LogP contribution in [0.1, 0.15) is 26.2 Å². The van der Waals surface area contributed by atoms with E-state index in [4.69, 9.17) is 10.8 Å². The number of nitrogens with zero attached hydrogens (tertiary/aromatic N) is 2. The number of unbranched alkanes of at least 4 members (excludes halogenated alkanes) is 1. The Bertz CT molecular complexity index is 190. The lowest BCUT2D eigenvalue weighted by atomic mass is 10.1. The molecule has 3 N–H and O–H groups in total. The quantitative estimate of drug-likeness (QED) is 0.634. The van der Waals surface area contributed by atoms with Crippen molar-refractivity contribution in [1.29, 1.82) is 0 Å². The molecule has 1 fully saturated rings. The van der Waals surface area contributed by atoms with Gasteiger partial charge in [0.05, 0.1) is 0 Å². The van der Waals surface area contributed by atoms with Crippen molar-refractivity contribution in [1.82, 2.24) is 9.80 Å². The van der Waals surface area contributed by atoms with Crippen LogP contribution in [0.3, 0.4) is 0 Å². The van der Waals surface area contributed by atoms with Crippen molar-refractivity contribution in [3.05, 3.63) is 0 Å². The summed E-state index contributed by atoms with van der Waals surface area (Å²) in [7, 11) is 0. The van der Waals surface area contributed by atoms with Gasteiger partial charge in [-0.15, -0.1) is 0 Å². The monoisotopic (exact) mass is 243 g/mol. The Hall–Kier alpha value is -0.160. The molecule has 0 aromatic rings. The molecule has 1 atom stereocenters. The molecule has 1 aliphatic rings. The molecular weight excluding hydrogens is 214 g/mol. The summed E-state index contributed by atoms with van der Waals surface area (Å²) in [5.41, 5.74) is 5.68. The van der Waals surface area contributed by atoms with Gasteiger partial charge in [0, 0.05) is 26.2 Å². The van der Waals surface area contributed by atoms with E-state index in [9.17, 15) is 0 Å². The first-order valence-corrected chi connectivity index (χ1v) is 7.02. The van der Waals surface area contributed by atoms with Gasteiger partial charge in [0.15, 0.2) is 0 Å². The standard InChI is InChI=1S/C13H29N3O/c1-13(11-14)12-16-7-4-6-15(8-9-16)5-2-3-10-17/h13,17H,2-12,14H2,1H3. The third-order valence-electron chi connectivity index (χ3n) is 3.54. The molecule has 0 saturated carbocycles. The maximum Gasteiger partial charge on any atom is 0.0431 e. The minimum Gasteiger partial charge on any atom is -0.396 e. The van der Waals surface area contributed by atoms with Gasteiger partial charge in [-0.2, -0.15) is 0 Å². The second kappa shape index (κ2) is 8.86. The Kier molecular flexibility index (Phi) is 7.77. The molecule has 0 amide bonds. The van der Waals surface area contributed by atoms with Crippen LogP contribution in [-0.4, -0.2) is 67.3 Å². The smallest absolute Gasteiger partial charge is 0.0431 e. The third-order valence-corrected chi connectivity index (χ3v) is 3.54. The number of hydrogen-bond donors (Lipinski definition) is 2. The van der Waals surface area contributed by atoms with Gasteiger partial charge in [-0.25, -0.2) is 0 Å². The topological polar surface area (TPSA) is 52.7 Å². The van der Waals surface area contributed by atoms with E-state index in [1.807, 2.05) is 0 Å². The molecule has 102 valence electrons. The Morgan fingerprint density at radius 1 is 1.12 bits per heavy atom. The zero-order valence-corrected chi connectivity index (χ0v) is 11.3. The molecule has 1 rings (SSSR count). The summed E-state index contributed by atoms with van der Waals surface area (Å²) in [5.74, 6) is 0.607. The highest BCUT2D eigenvalue weighted by atomic mass is 16.2. The number of rotatable bonds is 7. The summed E-state index contributed by atoms with van der Waals surface area (Å²) in [5, 5.41) is 8.78. The van der Waals surface area contributed by atoms with E-state index in [1.165, 1.54) is 32.6 Å². The van der Waals surface area contributed by atoms with Crippen LogP contribution in [0.4, 0.5) is 0 Å². The highest BCUT2D eigenvalue weighted by Gasteiger charge is 2.15. The number of hydrogen-bond acceptors (Lipinski definition) is 4. The van der Waals surface area contributed by atoms with Crippen LogP contribution >= 0.6 is 0 Å². The zero-order valence-electron chi connectivity index (χ0n) is 11.3. The van der Waals surface area contributed by atoms with Crippen LogP contribution in [0.15, 0.2) is 0 Å². The Morgan fingerprint density at radius 2 is 1.82 bits per heavy atom. The first-order valence-electron chi connectivity index (χ1n) is 7.02. The predicted molar refractivity (Wildman–Crippen MR) is 72.0 cm³/mol. The van der Waals surface area contributed by atoms with E-state index in [0.717, 1.165) is 32.5 Å². The van der Waals surface area contributed by atoms with Crippen molar-refractivity contribution in [2.45, 2.75) is 26.2 Å². The molecule has 0 aliphatic carbocycles. The van der Waals surface area contributed by atoms with Gasteiger partial charge < -0.3 is 20.6 Å². The minimum atomic E-state index is 0.327. The number of nitrogens with two attached hydrogens (primary N) is 1. The minimum absolute atomic E-state index is 0.327. The van der Waals surface area contributed by atoms with Crippen LogP contribution in [0.2, 0.25) is 0 Å². The molecule has 0 aromatic carbocycles. The van der Waals surface area contributed by atoms with E-state index in [-0.39, 0.29) is 0 Å². The van der Waals surface area contributed by atoms with Crippen LogP contribution in [-0.2, 0) is 0 Å². The Balaban J connectivity index is 2.19. The fraction of sp³-hybridized carbons (Fsp3) is 1.00. The predicted octanol–water partition coefficient (Wildman–Crippen LogP) is 0.361. The Morgan fingerprint density at radius 3 is 2.53 bits per heavy atom. The molecule has 0 aromatic heterocycles.